The Morgan fingerprint density at radius 2 is 1.88 bits per heavy atom. The molecule has 0 radical (unpaired) electrons. The zero-order valence-corrected chi connectivity index (χ0v) is 10.4. The third kappa shape index (κ3) is 1.62. The van der Waals surface area contributed by atoms with Crippen LogP contribution in [0.25, 0.3) is 0 Å². The Balaban J connectivity index is 1.81. The summed E-state index contributed by atoms with van der Waals surface area (Å²) < 4.78 is 6.07. The van der Waals surface area contributed by atoms with Crippen LogP contribution in [0.2, 0.25) is 0 Å². The zero-order valence-electron chi connectivity index (χ0n) is 10.4. The minimum atomic E-state index is 0.156. The standard InChI is InChI=1S/C14H24O2/c1-2-13-6-11-5-12(7-13)9-14(8-11,10-13)16-4-3-15/h11-12,15H,2-10H2,1H3/t11-,12-,13?,14?/m0/s1. The van der Waals surface area contributed by atoms with Crippen molar-refractivity contribution < 1.29 is 9.84 Å². The van der Waals surface area contributed by atoms with Crippen LogP contribution in [-0.4, -0.2) is 23.9 Å². The van der Waals surface area contributed by atoms with Gasteiger partial charge < -0.3 is 9.84 Å². The highest BCUT2D eigenvalue weighted by Gasteiger charge is 2.57. The highest BCUT2D eigenvalue weighted by molar-refractivity contribution is 5.08. The number of rotatable bonds is 4. The number of aliphatic hydroxyl groups excluding tert-OH is 1. The predicted octanol–water partition coefficient (Wildman–Crippen LogP) is 2.74. The van der Waals surface area contributed by atoms with Gasteiger partial charge in [0.1, 0.15) is 0 Å². The second kappa shape index (κ2) is 3.71. The topological polar surface area (TPSA) is 29.5 Å². The van der Waals surface area contributed by atoms with Gasteiger partial charge in [-0.25, -0.2) is 0 Å². The van der Waals surface area contributed by atoms with Crippen molar-refractivity contribution >= 4 is 0 Å². The van der Waals surface area contributed by atoms with E-state index < -0.39 is 0 Å². The van der Waals surface area contributed by atoms with Crippen LogP contribution in [0.3, 0.4) is 0 Å². The molecule has 4 bridgehead atoms. The number of ether oxygens (including phenoxy) is 1. The molecule has 4 aliphatic rings. The van der Waals surface area contributed by atoms with E-state index in [9.17, 15) is 0 Å². The molecule has 2 heteroatoms. The molecule has 0 amide bonds. The summed E-state index contributed by atoms with van der Waals surface area (Å²) >= 11 is 0. The zero-order chi connectivity index (χ0) is 11.2. The van der Waals surface area contributed by atoms with Crippen LogP contribution in [0.1, 0.15) is 51.9 Å². The predicted molar refractivity (Wildman–Crippen MR) is 63.2 cm³/mol. The summed E-state index contributed by atoms with van der Waals surface area (Å²) in [4.78, 5) is 0. The fourth-order valence-electron chi connectivity index (χ4n) is 5.21. The Hall–Kier alpha value is -0.0800. The maximum atomic E-state index is 8.96. The first-order valence-electron chi connectivity index (χ1n) is 6.94. The van der Waals surface area contributed by atoms with Crippen molar-refractivity contribution in [2.45, 2.75) is 57.5 Å². The molecule has 1 N–H and O–H groups in total. The molecule has 0 heterocycles. The second-order valence-corrected chi connectivity index (χ2v) is 6.57. The fourth-order valence-corrected chi connectivity index (χ4v) is 5.21. The van der Waals surface area contributed by atoms with Crippen LogP contribution in [0.15, 0.2) is 0 Å². The molecule has 16 heavy (non-hydrogen) atoms. The van der Waals surface area contributed by atoms with Crippen molar-refractivity contribution in [3.8, 4) is 0 Å². The number of hydrogen-bond donors (Lipinski definition) is 1. The third-order valence-corrected chi connectivity index (χ3v) is 5.38. The maximum Gasteiger partial charge on any atom is 0.0705 e. The molecular formula is C14H24O2. The lowest BCUT2D eigenvalue weighted by molar-refractivity contribution is -0.196. The van der Waals surface area contributed by atoms with Crippen LogP contribution in [0.4, 0.5) is 0 Å². The van der Waals surface area contributed by atoms with E-state index in [4.69, 9.17) is 9.84 Å². The van der Waals surface area contributed by atoms with Gasteiger partial charge in [-0.2, -0.15) is 0 Å². The van der Waals surface area contributed by atoms with E-state index in [1.807, 2.05) is 0 Å². The van der Waals surface area contributed by atoms with Gasteiger partial charge in [-0.1, -0.05) is 13.3 Å². The minimum absolute atomic E-state index is 0.156. The van der Waals surface area contributed by atoms with Crippen molar-refractivity contribution in [3.63, 3.8) is 0 Å². The molecule has 0 saturated heterocycles. The summed E-state index contributed by atoms with van der Waals surface area (Å²) in [5, 5.41) is 8.96. The molecule has 4 rings (SSSR count). The molecule has 0 aromatic rings. The Labute approximate surface area is 98.4 Å². The Morgan fingerprint density at radius 3 is 2.44 bits per heavy atom. The first kappa shape index (κ1) is 11.0. The van der Waals surface area contributed by atoms with E-state index in [0.29, 0.717) is 12.0 Å². The molecule has 4 aliphatic carbocycles. The number of aliphatic hydroxyl groups is 1. The van der Waals surface area contributed by atoms with Crippen LogP contribution in [0, 0.1) is 17.3 Å². The largest absolute Gasteiger partial charge is 0.394 e. The SMILES string of the molecule is CCC12C[C@@H]3C[C@@H](C1)CC(OCCO)(C3)C2. The van der Waals surface area contributed by atoms with Crippen molar-refractivity contribution in [1.82, 2.24) is 0 Å². The lowest BCUT2D eigenvalue weighted by Gasteiger charge is -2.61. The number of hydrogen-bond acceptors (Lipinski definition) is 2. The van der Waals surface area contributed by atoms with E-state index in [0.717, 1.165) is 11.8 Å². The summed E-state index contributed by atoms with van der Waals surface area (Å²) in [6, 6.07) is 0. The first-order chi connectivity index (χ1) is 7.69. The van der Waals surface area contributed by atoms with Crippen molar-refractivity contribution in [3.05, 3.63) is 0 Å². The van der Waals surface area contributed by atoms with Crippen molar-refractivity contribution in [1.29, 1.82) is 0 Å². The summed E-state index contributed by atoms with van der Waals surface area (Å²) in [5.74, 6) is 1.83. The van der Waals surface area contributed by atoms with E-state index in [-0.39, 0.29) is 12.2 Å². The van der Waals surface area contributed by atoms with Crippen LogP contribution in [0.5, 0.6) is 0 Å². The quantitative estimate of drug-likeness (QED) is 0.795. The van der Waals surface area contributed by atoms with Gasteiger partial charge in [-0.05, 0) is 55.8 Å². The van der Waals surface area contributed by atoms with Crippen LogP contribution >= 0.6 is 0 Å². The molecule has 2 nitrogen and oxygen atoms in total. The Kier molecular flexibility index (Phi) is 2.56. The molecule has 4 fully saturated rings. The molecule has 0 aromatic carbocycles. The average Bonchev–Trinajstić information content (AvgIpc) is 2.25. The van der Waals surface area contributed by atoms with Gasteiger partial charge in [0.05, 0.1) is 18.8 Å². The van der Waals surface area contributed by atoms with Crippen LogP contribution < -0.4 is 0 Å². The monoisotopic (exact) mass is 224 g/mol. The van der Waals surface area contributed by atoms with Gasteiger partial charge in [-0.15, -0.1) is 0 Å². The fraction of sp³-hybridized carbons (Fsp3) is 1.00. The van der Waals surface area contributed by atoms with Gasteiger partial charge in [0.15, 0.2) is 0 Å². The van der Waals surface area contributed by atoms with Gasteiger partial charge in [0.25, 0.3) is 0 Å². The summed E-state index contributed by atoms with van der Waals surface area (Å²) in [5.41, 5.74) is 0.752. The maximum absolute atomic E-state index is 8.96. The molecule has 0 aromatic heterocycles. The molecule has 0 unspecified atom stereocenters. The van der Waals surface area contributed by atoms with E-state index in [2.05, 4.69) is 6.92 Å². The van der Waals surface area contributed by atoms with Gasteiger partial charge in [-0.3, -0.25) is 0 Å². The van der Waals surface area contributed by atoms with Crippen molar-refractivity contribution in [2.24, 2.45) is 17.3 Å². The molecular weight excluding hydrogens is 200 g/mol. The normalized spacial score (nSPS) is 49.9. The van der Waals surface area contributed by atoms with Gasteiger partial charge >= 0.3 is 0 Å². The first-order valence-corrected chi connectivity index (χ1v) is 6.94. The smallest absolute Gasteiger partial charge is 0.0705 e. The third-order valence-electron chi connectivity index (χ3n) is 5.38. The lowest BCUT2D eigenvalue weighted by atomic mass is 9.47. The summed E-state index contributed by atoms with van der Waals surface area (Å²) in [6.07, 6.45) is 9.48. The molecule has 0 spiro atoms. The molecule has 92 valence electrons. The van der Waals surface area contributed by atoms with Gasteiger partial charge in [0, 0.05) is 0 Å². The van der Waals surface area contributed by atoms with E-state index in [1.54, 1.807) is 0 Å². The molecule has 0 aliphatic heterocycles. The van der Waals surface area contributed by atoms with Crippen molar-refractivity contribution in [2.75, 3.05) is 13.2 Å². The summed E-state index contributed by atoms with van der Waals surface area (Å²) in [7, 11) is 0. The highest BCUT2D eigenvalue weighted by Crippen LogP contribution is 2.63. The lowest BCUT2D eigenvalue weighted by Crippen LogP contribution is -2.56. The van der Waals surface area contributed by atoms with Gasteiger partial charge in [0.2, 0.25) is 0 Å². The molecule has 4 saturated carbocycles. The van der Waals surface area contributed by atoms with E-state index >= 15 is 0 Å². The highest BCUT2D eigenvalue weighted by atomic mass is 16.5. The Bertz CT molecular complexity index is 260. The molecule has 2 atom stereocenters. The average molecular weight is 224 g/mol. The van der Waals surface area contributed by atoms with E-state index in [1.165, 1.54) is 44.9 Å². The Morgan fingerprint density at radius 1 is 1.19 bits per heavy atom. The minimum Gasteiger partial charge on any atom is -0.394 e. The summed E-state index contributed by atoms with van der Waals surface area (Å²) in [6.45, 7) is 3.07. The van der Waals surface area contributed by atoms with Crippen LogP contribution in [-0.2, 0) is 4.74 Å². The second-order valence-electron chi connectivity index (χ2n) is 6.57.